The van der Waals surface area contributed by atoms with Gasteiger partial charge in [0.25, 0.3) is 10.0 Å². The van der Waals surface area contributed by atoms with Crippen LogP contribution in [-0.2, 0) is 14.8 Å². The van der Waals surface area contributed by atoms with Gasteiger partial charge in [0.1, 0.15) is 0 Å². The Morgan fingerprint density at radius 2 is 1.90 bits per heavy atom. The summed E-state index contributed by atoms with van der Waals surface area (Å²) < 4.78 is 23.9. The van der Waals surface area contributed by atoms with Gasteiger partial charge >= 0.3 is 0 Å². The quantitative estimate of drug-likeness (QED) is 0.610. The Kier molecular flexibility index (Phi) is 5.41. The van der Waals surface area contributed by atoms with Crippen LogP contribution in [-0.4, -0.2) is 20.1 Å². The predicted molar refractivity (Wildman–Crippen MR) is 74.4 cm³/mol. The van der Waals surface area contributed by atoms with E-state index in [-0.39, 0.29) is 23.0 Å². The third kappa shape index (κ3) is 4.75. The van der Waals surface area contributed by atoms with Crippen molar-refractivity contribution in [3.05, 3.63) is 29.8 Å². The summed E-state index contributed by atoms with van der Waals surface area (Å²) in [6.07, 6.45) is 0.218. The standard InChI is InChI=1S/C13H18N2O4S/c1-9(2)7-13(17)14-15-20(18,19)12-6-4-5-11(8-12)10(3)16/h4-6,8-9,15H,7H2,1-3H3,(H,14,17). The van der Waals surface area contributed by atoms with Crippen molar-refractivity contribution in [2.45, 2.75) is 32.1 Å². The molecule has 6 nitrogen and oxygen atoms in total. The molecule has 0 aliphatic heterocycles. The highest BCUT2D eigenvalue weighted by Crippen LogP contribution is 2.11. The van der Waals surface area contributed by atoms with Gasteiger partial charge in [-0.3, -0.25) is 15.0 Å². The summed E-state index contributed by atoms with van der Waals surface area (Å²) in [5.41, 5.74) is 2.43. The number of carbonyl (C=O) groups excluding carboxylic acids is 2. The summed E-state index contributed by atoms with van der Waals surface area (Å²) in [4.78, 5) is 24.6. The first kappa shape index (κ1) is 16.3. The molecule has 0 fully saturated rings. The first-order chi connectivity index (χ1) is 9.22. The third-order valence-corrected chi connectivity index (χ3v) is 3.71. The van der Waals surface area contributed by atoms with Crippen LogP contribution in [0, 0.1) is 5.92 Å². The van der Waals surface area contributed by atoms with Crippen LogP contribution in [0.2, 0.25) is 0 Å². The monoisotopic (exact) mass is 298 g/mol. The van der Waals surface area contributed by atoms with Gasteiger partial charge in [0, 0.05) is 12.0 Å². The topological polar surface area (TPSA) is 92.3 Å². The number of hydrogen-bond acceptors (Lipinski definition) is 4. The molecule has 1 rings (SSSR count). The first-order valence-electron chi connectivity index (χ1n) is 6.14. The summed E-state index contributed by atoms with van der Waals surface area (Å²) in [7, 11) is -3.88. The van der Waals surface area contributed by atoms with Gasteiger partial charge in [0.2, 0.25) is 5.91 Å². The molecule has 110 valence electrons. The maximum absolute atomic E-state index is 12.0. The molecule has 0 spiro atoms. The number of hydrazine groups is 1. The Morgan fingerprint density at radius 3 is 2.45 bits per heavy atom. The van der Waals surface area contributed by atoms with Crippen LogP contribution in [0.15, 0.2) is 29.2 Å². The fraction of sp³-hybridized carbons (Fsp3) is 0.385. The van der Waals surface area contributed by atoms with Crippen LogP contribution in [0.3, 0.4) is 0 Å². The smallest absolute Gasteiger partial charge is 0.257 e. The van der Waals surface area contributed by atoms with Gasteiger partial charge in [-0.25, -0.2) is 8.42 Å². The van der Waals surface area contributed by atoms with E-state index in [1.807, 2.05) is 18.7 Å². The Labute approximate surface area is 118 Å². The van der Waals surface area contributed by atoms with E-state index in [4.69, 9.17) is 0 Å². The highest BCUT2D eigenvalue weighted by atomic mass is 32.2. The molecule has 0 saturated heterocycles. The van der Waals surface area contributed by atoms with Crippen molar-refractivity contribution in [3.8, 4) is 0 Å². The van der Waals surface area contributed by atoms with E-state index in [0.717, 1.165) is 0 Å². The average molecular weight is 298 g/mol. The average Bonchev–Trinajstić information content (AvgIpc) is 2.36. The Hall–Kier alpha value is -1.73. The second kappa shape index (κ2) is 6.62. The molecule has 0 bridgehead atoms. The molecular weight excluding hydrogens is 280 g/mol. The predicted octanol–water partition coefficient (Wildman–Crippen LogP) is 1.24. The van der Waals surface area contributed by atoms with Gasteiger partial charge in [-0.2, -0.15) is 0 Å². The highest BCUT2D eigenvalue weighted by Gasteiger charge is 2.16. The number of Topliss-reactive ketones (excluding diaryl/α,β-unsaturated/α-hetero) is 1. The number of carbonyl (C=O) groups is 2. The SMILES string of the molecule is CC(=O)c1cccc(S(=O)(=O)NNC(=O)CC(C)C)c1. The van der Waals surface area contributed by atoms with E-state index >= 15 is 0 Å². The molecule has 1 aromatic rings. The number of hydrogen-bond donors (Lipinski definition) is 2. The lowest BCUT2D eigenvalue weighted by Gasteiger charge is -2.10. The molecule has 1 amide bonds. The maximum atomic E-state index is 12.0. The molecule has 0 radical (unpaired) electrons. The molecule has 0 aromatic heterocycles. The van der Waals surface area contributed by atoms with E-state index < -0.39 is 15.9 Å². The van der Waals surface area contributed by atoms with Gasteiger partial charge < -0.3 is 0 Å². The second-order valence-electron chi connectivity index (χ2n) is 4.84. The van der Waals surface area contributed by atoms with Gasteiger partial charge in [-0.15, -0.1) is 4.83 Å². The fourth-order valence-electron chi connectivity index (χ4n) is 1.49. The molecule has 0 heterocycles. The number of sulfonamides is 1. The van der Waals surface area contributed by atoms with Crippen LogP contribution in [0.5, 0.6) is 0 Å². The Balaban J connectivity index is 2.81. The number of rotatable bonds is 6. The number of amides is 1. The molecular formula is C13H18N2O4S. The Bertz CT molecular complexity index is 609. The van der Waals surface area contributed by atoms with E-state index in [1.54, 1.807) is 0 Å². The zero-order valence-corrected chi connectivity index (χ0v) is 12.5. The lowest BCUT2D eigenvalue weighted by molar-refractivity contribution is -0.122. The number of ketones is 1. The first-order valence-corrected chi connectivity index (χ1v) is 7.62. The number of benzene rings is 1. The third-order valence-electron chi connectivity index (χ3n) is 2.47. The fourth-order valence-corrected chi connectivity index (χ4v) is 2.39. The maximum Gasteiger partial charge on any atom is 0.257 e. The summed E-state index contributed by atoms with van der Waals surface area (Å²) in [6.45, 7) is 5.05. The molecule has 0 aliphatic rings. The van der Waals surface area contributed by atoms with E-state index in [9.17, 15) is 18.0 Å². The van der Waals surface area contributed by atoms with Gasteiger partial charge in [-0.1, -0.05) is 26.0 Å². The van der Waals surface area contributed by atoms with Crippen LogP contribution < -0.4 is 10.3 Å². The minimum absolute atomic E-state index is 0.0740. The second-order valence-corrected chi connectivity index (χ2v) is 6.52. The van der Waals surface area contributed by atoms with Gasteiger partial charge in [0.15, 0.2) is 5.78 Å². The molecule has 0 saturated carbocycles. The molecule has 0 unspecified atom stereocenters. The van der Waals surface area contributed by atoms with Gasteiger partial charge in [-0.05, 0) is 25.0 Å². The Morgan fingerprint density at radius 1 is 1.25 bits per heavy atom. The number of nitrogens with one attached hydrogen (secondary N) is 2. The summed E-state index contributed by atoms with van der Waals surface area (Å²) >= 11 is 0. The normalized spacial score (nSPS) is 11.4. The van der Waals surface area contributed by atoms with E-state index in [2.05, 4.69) is 5.43 Å². The van der Waals surface area contributed by atoms with Crippen molar-refractivity contribution in [2.75, 3.05) is 0 Å². The van der Waals surface area contributed by atoms with Crippen molar-refractivity contribution in [1.29, 1.82) is 0 Å². The van der Waals surface area contributed by atoms with Crippen LogP contribution in [0.4, 0.5) is 0 Å². The minimum atomic E-state index is -3.88. The zero-order valence-electron chi connectivity index (χ0n) is 11.6. The van der Waals surface area contributed by atoms with Crippen LogP contribution in [0.1, 0.15) is 37.6 Å². The van der Waals surface area contributed by atoms with Crippen molar-refractivity contribution < 1.29 is 18.0 Å². The lowest BCUT2D eigenvalue weighted by Crippen LogP contribution is -2.41. The van der Waals surface area contributed by atoms with Crippen molar-refractivity contribution >= 4 is 21.7 Å². The van der Waals surface area contributed by atoms with Gasteiger partial charge in [0.05, 0.1) is 4.90 Å². The molecule has 0 atom stereocenters. The molecule has 20 heavy (non-hydrogen) atoms. The van der Waals surface area contributed by atoms with Crippen molar-refractivity contribution in [3.63, 3.8) is 0 Å². The summed E-state index contributed by atoms with van der Waals surface area (Å²) in [5, 5.41) is 0. The zero-order chi connectivity index (χ0) is 15.3. The van der Waals surface area contributed by atoms with Crippen molar-refractivity contribution in [2.24, 2.45) is 5.92 Å². The molecule has 1 aromatic carbocycles. The van der Waals surface area contributed by atoms with Crippen LogP contribution >= 0.6 is 0 Å². The van der Waals surface area contributed by atoms with E-state index in [0.29, 0.717) is 5.56 Å². The van der Waals surface area contributed by atoms with E-state index in [1.165, 1.54) is 31.2 Å². The lowest BCUT2D eigenvalue weighted by atomic mass is 10.1. The molecule has 7 heteroatoms. The van der Waals surface area contributed by atoms with Crippen LogP contribution in [0.25, 0.3) is 0 Å². The summed E-state index contributed by atoms with van der Waals surface area (Å²) in [5.74, 6) is -0.516. The molecule has 0 aliphatic carbocycles. The highest BCUT2D eigenvalue weighted by molar-refractivity contribution is 7.89. The van der Waals surface area contributed by atoms with Crippen molar-refractivity contribution in [1.82, 2.24) is 10.3 Å². The minimum Gasteiger partial charge on any atom is -0.295 e. The largest absolute Gasteiger partial charge is 0.295 e. The molecule has 2 N–H and O–H groups in total. The summed E-state index contributed by atoms with van der Waals surface area (Å²) in [6, 6.07) is 5.61.